The molecule has 2 heterocycles. The molecule has 4 rings (SSSR count). The van der Waals surface area contributed by atoms with Crippen molar-refractivity contribution < 1.29 is 35.1 Å². The minimum atomic E-state index is -2.40. The molecule has 0 radical (unpaired) electrons. The molecule has 0 N–H and O–H groups in total. The van der Waals surface area contributed by atoms with E-state index in [2.05, 4.69) is 27.5 Å². The number of thioether (sulfide) groups is 1. The summed E-state index contributed by atoms with van der Waals surface area (Å²) in [4.78, 5) is 0.579. The molecule has 0 fully saturated rings. The fourth-order valence-electron chi connectivity index (χ4n) is 3.77. The number of fused-ring (bicyclic) bond motifs is 1. The molecule has 154 valence electrons. The van der Waals surface area contributed by atoms with Crippen LogP contribution in [0, 0.1) is 0 Å². The Labute approximate surface area is 184 Å². The number of alkyl halides is 2. The van der Waals surface area contributed by atoms with Crippen LogP contribution < -0.4 is 26.3 Å². The number of nitrogens with zero attached hydrogens (tertiary/aromatic N) is 2. The highest BCUT2D eigenvalue weighted by Crippen LogP contribution is 2.30. The van der Waals surface area contributed by atoms with Crippen molar-refractivity contribution in [2.45, 2.75) is 42.9 Å². The monoisotopic (exact) mass is 480 g/mol. The number of aromatic nitrogens is 2. The number of aryl methyl sites for hydroxylation is 1. The van der Waals surface area contributed by atoms with E-state index in [1.807, 2.05) is 24.3 Å². The van der Waals surface area contributed by atoms with Crippen molar-refractivity contribution in [3.8, 4) is 22.7 Å². The van der Waals surface area contributed by atoms with Gasteiger partial charge in [-0.25, -0.2) is 4.57 Å². The van der Waals surface area contributed by atoms with Crippen LogP contribution >= 0.6 is 11.8 Å². The highest BCUT2D eigenvalue weighted by molar-refractivity contribution is 7.99. The van der Waals surface area contributed by atoms with Gasteiger partial charge in [-0.2, -0.15) is 13.3 Å². The first kappa shape index (κ1) is 21.8. The molecule has 7 heteroatoms. The zero-order valence-electron chi connectivity index (χ0n) is 16.2. The lowest BCUT2D eigenvalue weighted by molar-refractivity contribution is -0.702. The highest BCUT2D eigenvalue weighted by Gasteiger charge is 2.27. The molecule has 0 saturated heterocycles. The Morgan fingerprint density at radius 1 is 1.00 bits per heavy atom. The van der Waals surface area contributed by atoms with E-state index < -0.39 is 5.76 Å². The van der Waals surface area contributed by atoms with Crippen LogP contribution in [0.5, 0.6) is 5.75 Å². The molecular weight excluding hydrogens is 458 g/mol. The summed E-state index contributed by atoms with van der Waals surface area (Å²) in [6, 6.07) is 15.5. The Morgan fingerprint density at radius 2 is 1.72 bits per heavy atom. The molecule has 0 bridgehead atoms. The Hall–Kier alpha value is -1.86. The van der Waals surface area contributed by atoms with E-state index in [0.717, 1.165) is 35.7 Å². The summed E-state index contributed by atoms with van der Waals surface area (Å²) in [5, 5.41) is 0. The van der Waals surface area contributed by atoms with Crippen LogP contribution in [-0.4, -0.2) is 17.4 Å². The van der Waals surface area contributed by atoms with E-state index in [9.17, 15) is 8.78 Å². The third-order valence-corrected chi connectivity index (χ3v) is 5.84. The Balaban J connectivity index is 0.00000240. The molecular formula is C22H23BrF2N2OS. The first-order valence-corrected chi connectivity index (χ1v) is 10.4. The van der Waals surface area contributed by atoms with Crippen molar-refractivity contribution in [2.75, 3.05) is 7.11 Å². The van der Waals surface area contributed by atoms with E-state index in [1.54, 1.807) is 19.2 Å². The quantitative estimate of drug-likeness (QED) is 0.412. The Kier molecular flexibility index (Phi) is 7.35. The number of imidazole rings is 1. The van der Waals surface area contributed by atoms with E-state index in [-0.39, 0.29) is 17.0 Å². The molecule has 0 amide bonds. The van der Waals surface area contributed by atoms with E-state index in [1.165, 1.54) is 25.1 Å². The minimum Gasteiger partial charge on any atom is -1.00 e. The average molecular weight is 481 g/mol. The maximum Gasteiger partial charge on any atom is 0.288 e. The number of ether oxygens (including phenoxy) is 1. The van der Waals surface area contributed by atoms with Gasteiger partial charge in [0.05, 0.1) is 13.7 Å². The number of rotatable bonds is 5. The first-order valence-electron chi connectivity index (χ1n) is 9.49. The summed E-state index contributed by atoms with van der Waals surface area (Å²) in [5.41, 5.74) is 3.18. The molecule has 0 aliphatic carbocycles. The molecule has 1 aromatic heterocycles. The van der Waals surface area contributed by atoms with E-state index in [4.69, 9.17) is 4.74 Å². The van der Waals surface area contributed by atoms with Gasteiger partial charge in [-0.05, 0) is 67.8 Å². The van der Waals surface area contributed by atoms with Crippen LogP contribution in [0.25, 0.3) is 16.9 Å². The fraction of sp³-hybridized carbons (Fsp3) is 0.318. The highest BCUT2D eigenvalue weighted by atomic mass is 79.9. The Bertz CT molecular complexity index is 943. The van der Waals surface area contributed by atoms with E-state index >= 15 is 0 Å². The van der Waals surface area contributed by atoms with Gasteiger partial charge in [0.2, 0.25) is 0 Å². The summed E-state index contributed by atoms with van der Waals surface area (Å²) < 4.78 is 35.2. The lowest BCUT2D eigenvalue weighted by Gasteiger charge is -2.07. The van der Waals surface area contributed by atoms with Gasteiger partial charge in [-0.15, -0.1) is 0 Å². The van der Waals surface area contributed by atoms with Crippen molar-refractivity contribution in [2.24, 2.45) is 0 Å². The van der Waals surface area contributed by atoms with Crippen LogP contribution in [0.2, 0.25) is 0 Å². The normalized spacial score (nSPS) is 13.5. The standard InChI is InChI=1S/C22H23F2N2OS.BrH/c1-27-18-10-8-17(9-11-18)26-20(15-25-14-4-2-3-5-21(25)26)16-6-12-19(13-7-16)28-22(23)24;/h6-13,15,22H,2-5,14H2,1H3;1H/q+1;/p-1. The molecule has 0 spiro atoms. The van der Waals surface area contributed by atoms with Crippen molar-refractivity contribution in [1.29, 1.82) is 0 Å². The first-order chi connectivity index (χ1) is 13.7. The van der Waals surface area contributed by atoms with Crippen molar-refractivity contribution >= 4 is 11.8 Å². The third-order valence-electron chi connectivity index (χ3n) is 5.11. The molecule has 3 aromatic rings. The van der Waals surface area contributed by atoms with Crippen LogP contribution in [0.15, 0.2) is 59.6 Å². The molecule has 3 nitrogen and oxygen atoms in total. The average Bonchev–Trinajstić information content (AvgIpc) is 2.90. The predicted octanol–water partition coefficient (Wildman–Crippen LogP) is 2.49. The maximum absolute atomic E-state index is 12.6. The van der Waals surface area contributed by atoms with Gasteiger partial charge in [-0.1, -0.05) is 11.8 Å². The van der Waals surface area contributed by atoms with Crippen LogP contribution in [-0.2, 0) is 13.0 Å². The number of methoxy groups -OCH3 is 1. The van der Waals surface area contributed by atoms with Gasteiger partial charge in [-0.3, -0.25) is 0 Å². The summed E-state index contributed by atoms with van der Waals surface area (Å²) in [5.74, 6) is -0.297. The molecule has 0 saturated carbocycles. The second kappa shape index (κ2) is 9.76. The minimum absolute atomic E-state index is 0. The summed E-state index contributed by atoms with van der Waals surface area (Å²) in [6.45, 7) is 1.00. The predicted molar refractivity (Wildman–Crippen MR) is 107 cm³/mol. The molecule has 1 aliphatic rings. The van der Waals surface area contributed by atoms with Crippen molar-refractivity contribution in [1.82, 2.24) is 4.57 Å². The zero-order valence-corrected chi connectivity index (χ0v) is 18.6. The van der Waals surface area contributed by atoms with Gasteiger partial charge in [0.25, 0.3) is 11.6 Å². The second-order valence-electron chi connectivity index (χ2n) is 6.87. The second-order valence-corrected chi connectivity index (χ2v) is 7.93. The van der Waals surface area contributed by atoms with Gasteiger partial charge < -0.3 is 21.7 Å². The lowest BCUT2D eigenvalue weighted by Crippen LogP contribution is -3.00. The van der Waals surface area contributed by atoms with Gasteiger partial charge >= 0.3 is 0 Å². The van der Waals surface area contributed by atoms with Crippen molar-refractivity contribution in [3.63, 3.8) is 0 Å². The SMILES string of the molecule is COc1ccc(-n2c(-c3ccc(SC(F)F)cc3)c[n+]3c2CCCCC3)cc1.[Br-]. The van der Waals surface area contributed by atoms with Gasteiger partial charge in [0, 0.05) is 16.9 Å². The zero-order chi connectivity index (χ0) is 19.5. The van der Waals surface area contributed by atoms with Crippen LogP contribution in [0.1, 0.15) is 25.1 Å². The number of hydrogen-bond donors (Lipinski definition) is 0. The fourth-order valence-corrected chi connectivity index (χ4v) is 4.27. The largest absolute Gasteiger partial charge is 1.00 e. The molecule has 29 heavy (non-hydrogen) atoms. The Morgan fingerprint density at radius 3 is 2.38 bits per heavy atom. The topological polar surface area (TPSA) is 18.0 Å². The van der Waals surface area contributed by atoms with Gasteiger partial charge in [0.15, 0.2) is 5.69 Å². The third kappa shape index (κ3) is 4.83. The summed E-state index contributed by atoms with van der Waals surface area (Å²) in [6.07, 6.45) is 6.79. The molecule has 0 atom stereocenters. The molecule has 1 aliphatic heterocycles. The molecule has 2 aromatic carbocycles. The molecule has 0 unspecified atom stereocenters. The van der Waals surface area contributed by atoms with Crippen LogP contribution in [0.4, 0.5) is 8.78 Å². The summed E-state index contributed by atoms with van der Waals surface area (Å²) in [7, 11) is 1.66. The smallest absolute Gasteiger partial charge is 0.288 e. The van der Waals surface area contributed by atoms with E-state index in [0.29, 0.717) is 16.7 Å². The number of benzene rings is 2. The van der Waals surface area contributed by atoms with Crippen molar-refractivity contribution in [3.05, 3.63) is 60.6 Å². The lowest BCUT2D eigenvalue weighted by atomic mass is 10.1. The summed E-state index contributed by atoms with van der Waals surface area (Å²) >= 11 is 0.578. The number of hydrogen-bond acceptors (Lipinski definition) is 2. The maximum atomic E-state index is 12.6. The van der Waals surface area contributed by atoms with Gasteiger partial charge in [0.1, 0.15) is 17.6 Å². The number of halogens is 3. The van der Waals surface area contributed by atoms with Crippen LogP contribution in [0.3, 0.4) is 0 Å².